The van der Waals surface area contributed by atoms with Crippen LogP contribution in [0.3, 0.4) is 0 Å². The van der Waals surface area contributed by atoms with Crippen molar-refractivity contribution in [2.24, 2.45) is 17.1 Å². The van der Waals surface area contributed by atoms with Crippen molar-refractivity contribution in [1.29, 1.82) is 0 Å². The van der Waals surface area contributed by atoms with Crippen LogP contribution in [0.4, 0.5) is 0 Å². The number of nitrogens with zero attached hydrogens (tertiary/aromatic N) is 1. The predicted octanol–water partition coefficient (Wildman–Crippen LogP) is 3.26. The van der Waals surface area contributed by atoms with Crippen molar-refractivity contribution in [2.75, 3.05) is 20.1 Å². The van der Waals surface area contributed by atoms with Crippen LogP contribution in [0.25, 0.3) is 0 Å². The average Bonchev–Trinajstić information content (AvgIpc) is 2.24. The molecule has 17 heavy (non-hydrogen) atoms. The molecule has 1 fully saturated rings. The highest BCUT2D eigenvalue weighted by Crippen LogP contribution is 2.43. The Labute approximate surface area is 108 Å². The molecule has 1 aliphatic carbocycles. The van der Waals surface area contributed by atoms with Crippen molar-refractivity contribution in [3.8, 4) is 0 Å². The van der Waals surface area contributed by atoms with Gasteiger partial charge in [0.15, 0.2) is 0 Å². The Balaban J connectivity index is 2.66. The van der Waals surface area contributed by atoms with Crippen molar-refractivity contribution in [2.45, 2.75) is 65.3 Å². The van der Waals surface area contributed by atoms with Crippen LogP contribution in [-0.2, 0) is 0 Å². The van der Waals surface area contributed by atoms with Gasteiger partial charge in [-0.3, -0.25) is 4.90 Å². The molecule has 1 unspecified atom stereocenters. The third-order valence-electron chi connectivity index (χ3n) is 4.53. The Morgan fingerprint density at radius 1 is 1.24 bits per heavy atom. The second kappa shape index (κ2) is 5.71. The topological polar surface area (TPSA) is 29.3 Å². The van der Waals surface area contributed by atoms with Crippen LogP contribution in [0, 0.1) is 11.3 Å². The summed E-state index contributed by atoms with van der Waals surface area (Å²) in [6.07, 6.45) is 6.49. The zero-order valence-electron chi connectivity index (χ0n) is 12.6. The minimum absolute atomic E-state index is 0.261. The second-order valence-corrected chi connectivity index (χ2v) is 7.23. The molecular formula is C15H32N2. The lowest BCUT2D eigenvalue weighted by molar-refractivity contribution is 0.0250. The van der Waals surface area contributed by atoms with Gasteiger partial charge in [-0.25, -0.2) is 0 Å². The van der Waals surface area contributed by atoms with Gasteiger partial charge in [-0.2, -0.15) is 0 Å². The quantitative estimate of drug-likeness (QED) is 0.799. The maximum atomic E-state index is 6.12. The molecule has 102 valence electrons. The summed E-state index contributed by atoms with van der Waals surface area (Å²) in [7, 11) is 2.27. The second-order valence-electron chi connectivity index (χ2n) is 7.23. The Kier molecular flexibility index (Phi) is 5.03. The molecule has 0 aromatic rings. The zero-order valence-corrected chi connectivity index (χ0v) is 12.6. The van der Waals surface area contributed by atoms with Gasteiger partial charge in [0.05, 0.1) is 0 Å². The Morgan fingerprint density at radius 2 is 1.88 bits per heavy atom. The third-order valence-corrected chi connectivity index (χ3v) is 4.53. The minimum Gasteiger partial charge on any atom is -0.329 e. The van der Waals surface area contributed by atoms with Crippen LogP contribution in [-0.4, -0.2) is 30.6 Å². The van der Waals surface area contributed by atoms with E-state index in [2.05, 4.69) is 39.6 Å². The molecular weight excluding hydrogens is 208 g/mol. The van der Waals surface area contributed by atoms with Crippen LogP contribution >= 0.6 is 0 Å². The summed E-state index contributed by atoms with van der Waals surface area (Å²) in [5, 5.41) is 0. The highest BCUT2D eigenvalue weighted by atomic mass is 15.2. The van der Waals surface area contributed by atoms with Crippen LogP contribution < -0.4 is 5.73 Å². The summed E-state index contributed by atoms with van der Waals surface area (Å²) < 4.78 is 0. The third kappa shape index (κ3) is 3.96. The molecule has 2 heteroatoms. The van der Waals surface area contributed by atoms with E-state index in [1.807, 2.05) is 0 Å². The van der Waals surface area contributed by atoms with Gasteiger partial charge in [-0.15, -0.1) is 0 Å². The molecule has 0 aliphatic heterocycles. The number of likely N-dealkylation sites (N-methyl/N-ethyl adjacent to an activating group) is 1. The predicted molar refractivity (Wildman–Crippen MR) is 76.1 cm³/mol. The maximum absolute atomic E-state index is 6.12. The molecule has 1 atom stereocenters. The standard InChI is InChI=1S/C15H32N2/c1-13(2)7-10-17(5)15(12-16)9-6-8-14(3,4)11-15/h13H,6-12,16H2,1-5H3. The van der Waals surface area contributed by atoms with Gasteiger partial charge in [0.25, 0.3) is 0 Å². The lowest BCUT2D eigenvalue weighted by Gasteiger charge is -2.50. The molecule has 2 N–H and O–H groups in total. The first kappa shape index (κ1) is 15.0. The van der Waals surface area contributed by atoms with Crippen LogP contribution in [0.1, 0.15) is 59.8 Å². The van der Waals surface area contributed by atoms with Gasteiger partial charge in [0, 0.05) is 12.1 Å². The summed E-state index contributed by atoms with van der Waals surface area (Å²) in [5.74, 6) is 0.781. The Morgan fingerprint density at radius 3 is 2.35 bits per heavy atom. The Hall–Kier alpha value is -0.0800. The molecule has 1 aliphatic rings. The zero-order chi connectivity index (χ0) is 13.1. The summed E-state index contributed by atoms with van der Waals surface area (Å²) in [6.45, 7) is 11.4. The molecule has 0 amide bonds. The molecule has 0 bridgehead atoms. The monoisotopic (exact) mass is 240 g/mol. The molecule has 0 radical (unpaired) electrons. The first-order valence-corrected chi connectivity index (χ1v) is 7.23. The van der Waals surface area contributed by atoms with Gasteiger partial charge in [-0.1, -0.05) is 34.1 Å². The van der Waals surface area contributed by atoms with Crippen molar-refractivity contribution in [3.05, 3.63) is 0 Å². The number of hydrogen-bond donors (Lipinski definition) is 1. The number of hydrogen-bond acceptors (Lipinski definition) is 2. The summed E-state index contributed by atoms with van der Waals surface area (Å²) in [6, 6.07) is 0. The van der Waals surface area contributed by atoms with Crippen molar-refractivity contribution in [3.63, 3.8) is 0 Å². The van der Waals surface area contributed by atoms with E-state index in [9.17, 15) is 0 Å². The first-order valence-electron chi connectivity index (χ1n) is 7.23. The van der Waals surface area contributed by atoms with Crippen molar-refractivity contribution >= 4 is 0 Å². The molecule has 1 saturated carbocycles. The van der Waals surface area contributed by atoms with Gasteiger partial charge < -0.3 is 5.73 Å². The van der Waals surface area contributed by atoms with Crippen LogP contribution in [0.5, 0.6) is 0 Å². The first-order chi connectivity index (χ1) is 7.81. The fraction of sp³-hybridized carbons (Fsp3) is 1.00. The van der Waals surface area contributed by atoms with Crippen LogP contribution in [0.15, 0.2) is 0 Å². The van der Waals surface area contributed by atoms with Gasteiger partial charge in [-0.05, 0) is 50.6 Å². The van der Waals surface area contributed by atoms with Crippen LogP contribution in [0.2, 0.25) is 0 Å². The summed E-state index contributed by atoms with van der Waals surface area (Å²) >= 11 is 0. The highest BCUT2D eigenvalue weighted by molar-refractivity contribution is 4.98. The normalized spacial score (nSPS) is 28.9. The molecule has 0 heterocycles. The number of nitrogens with two attached hydrogens (primary N) is 1. The van der Waals surface area contributed by atoms with Gasteiger partial charge in [0.2, 0.25) is 0 Å². The molecule has 0 aromatic heterocycles. The fourth-order valence-electron chi connectivity index (χ4n) is 3.31. The van der Waals surface area contributed by atoms with Gasteiger partial charge >= 0.3 is 0 Å². The summed E-state index contributed by atoms with van der Waals surface area (Å²) in [4.78, 5) is 2.55. The molecule has 1 rings (SSSR count). The Bertz CT molecular complexity index is 235. The van der Waals surface area contributed by atoms with E-state index in [-0.39, 0.29) is 5.54 Å². The van der Waals surface area contributed by atoms with Crippen molar-refractivity contribution < 1.29 is 0 Å². The lowest BCUT2D eigenvalue weighted by atomic mass is 9.67. The van der Waals surface area contributed by atoms with E-state index in [0.717, 1.165) is 12.5 Å². The molecule has 0 saturated heterocycles. The molecule has 0 spiro atoms. The molecule has 2 nitrogen and oxygen atoms in total. The fourth-order valence-corrected chi connectivity index (χ4v) is 3.31. The average molecular weight is 240 g/mol. The minimum atomic E-state index is 0.261. The van der Waals surface area contributed by atoms with E-state index in [1.54, 1.807) is 0 Å². The summed E-state index contributed by atoms with van der Waals surface area (Å²) in [5.41, 5.74) is 6.85. The smallest absolute Gasteiger partial charge is 0.0333 e. The highest BCUT2D eigenvalue weighted by Gasteiger charge is 2.41. The number of rotatable bonds is 5. The SMILES string of the molecule is CC(C)CCN(C)C1(CN)CCCC(C)(C)C1. The van der Waals surface area contributed by atoms with E-state index in [0.29, 0.717) is 5.41 Å². The van der Waals surface area contributed by atoms with E-state index in [4.69, 9.17) is 5.73 Å². The lowest BCUT2D eigenvalue weighted by Crippen LogP contribution is -2.56. The van der Waals surface area contributed by atoms with E-state index < -0.39 is 0 Å². The van der Waals surface area contributed by atoms with E-state index in [1.165, 1.54) is 38.6 Å². The van der Waals surface area contributed by atoms with Crippen molar-refractivity contribution in [1.82, 2.24) is 4.90 Å². The molecule has 0 aromatic carbocycles. The maximum Gasteiger partial charge on any atom is 0.0333 e. The van der Waals surface area contributed by atoms with E-state index >= 15 is 0 Å². The van der Waals surface area contributed by atoms with Gasteiger partial charge in [0.1, 0.15) is 0 Å². The largest absolute Gasteiger partial charge is 0.329 e.